The van der Waals surface area contributed by atoms with Crippen molar-refractivity contribution < 1.29 is 9.53 Å². The molecule has 0 spiro atoms. The van der Waals surface area contributed by atoms with Crippen LogP contribution in [-0.2, 0) is 4.79 Å². The van der Waals surface area contributed by atoms with Crippen LogP contribution >= 0.6 is 58.6 Å². The molecular weight excluding hydrogens is 426 g/mol. The van der Waals surface area contributed by atoms with Crippen LogP contribution in [0.1, 0.15) is 6.92 Å². The van der Waals surface area contributed by atoms with Gasteiger partial charge in [0, 0.05) is 10.0 Å². The molecule has 0 saturated carbocycles. The van der Waals surface area contributed by atoms with E-state index in [0.717, 1.165) is 0 Å². The summed E-state index contributed by atoms with van der Waals surface area (Å²) in [5.41, 5.74) is 0.480. The molecule has 0 heterocycles. The second kappa shape index (κ2) is 8.92. The van der Waals surface area contributed by atoms with Crippen LogP contribution in [0.3, 0.4) is 0 Å². The average Bonchev–Trinajstić information content (AvgIpc) is 2.53. The maximum absolute atomic E-state index is 12.2. The normalized spacial score (nSPS) is 11.6. The Bertz CT molecular complexity index is 817. The molecule has 0 aromatic heterocycles. The summed E-state index contributed by atoms with van der Waals surface area (Å²) in [4.78, 5) is 12.2. The molecule has 0 saturated heterocycles. The lowest BCUT2D eigenvalue weighted by atomic mass is 10.3. The molecule has 2 rings (SSSR count). The van der Waals surface area contributed by atoms with Crippen molar-refractivity contribution in [2.24, 2.45) is 0 Å². The zero-order valence-corrected chi connectivity index (χ0v) is 16.6. The Morgan fingerprint density at radius 2 is 1.68 bits per heavy atom. The second-order valence-corrected chi connectivity index (χ2v) is 7.00. The van der Waals surface area contributed by atoms with Gasteiger partial charge in [0.1, 0.15) is 5.75 Å². The summed E-state index contributed by atoms with van der Waals surface area (Å²) in [5.74, 6) is -0.118. The lowest BCUT2D eigenvalue weighted by molar-refractivity contribution is -0.125. The lowest BCUT2D eigenvalue weighted by Gasteiger charge is -2.17. The van der Waals surface area contributed by atoms with E-state index in [1.54, 1.807) is 37.3 Å². The molecule has 1 amide bonds. The van der Waals surface area contributed by atoms with Gasteiger partial charge in [-0.15, -0.1) is 0 Å². The zero-order chi connectivity index (χ0) is 18.6. The summed E-state index contributed by atoms with van der Waals surface area (Å²) in [7, 11) is 0. The molecule has 0 aliphatic rings. The minimum absolute atomic E-state index is 0.0619. The highest BCUT2D eigenvalue weighted by Gasteiger charge is 2.18. The Kier molecular flexibility index (Phi) is 7.16. The van der Waals surface area contributed by atoms with Gasteiger partial charge < -0.3 is 10.1 Å². The molecule has 1 atom stereocenters. The minimum Gasteiger partial charge on any atom is -0.479 e. The van der Waals surface area contributed by atoms with Crippen LogP contribution in [0.15, 0.2) is 36.4 Å². The highest BCUT2D eigenvalue weighted by atomic mass is 35.5. The maximum Gasteiger partial charge on any atom is 0.266 e. The van der Waals surface area contributed by atoms with Gasteiger partial charge in [0.25, 0.3) is 5.91 Å². The van der Waals surface area contributed by atoms with Crippen molar-refractivity contribution in [2.75, 3.05) is 5.32 Å². The monoisotopic (exact) mass is 436 g/mol. The van der Waals surface area contributed by atoms with E-state index in [-0.39, 0.29) is 5.11 Å². The molecule has 0 radical (unpaired) electrons. The maximum atomic E-state index is 12.2. The van der Waals surface area contributed by atoms with Crippen molar-refractivity contribution in [2.45, 2.75) is 13.0 Å². The number of nitrogens with one attached hydrogen (secondary N) is 2. The van der Waals surface area contributed by atoms with Crippen LogP contribution in [0, 0.1) is 0 Å². The number of ether oxygens (including phenoxy) is 1. The van der Waals surface area contributed by atoms with E-state index in [1.807, 2.05) is 0 Å². The largest absolute Gasteiger partial charge is 0.479 e. The molecule has 2 N–H and O–H groups in total. The average molecular weight is 438 g/mol. The molecule has 0 fully saturated rings. The van der Waals surface area contributed by atoms with Gasteiger partial charge in [-0.3, -0.25) is 10.1 Å². The predicted molar refractivity (Wildman–Crippen MR) is 107 cm³/mol. The summed E-state index contributed by atoms with van der Waals surface area (Å²) < 4.78 is 5.52. The van der Waals surface area contributed by atoms with E-state index >= 15 is 0 Å². The number of carbonyl (C=O) groups excluding carboxylic acids is 1. The predicted octanol–water partition coefficient (Wildman–Crippen LogP) is 5.58. The first kappa shape index (κ1) is 20.1. The number of hydrogen-bond acceptors (Lipinski definition) is 3. The van der Waals surface area contributed by atoms with E-state index in [2.05, 4.69) is 10.6 Å². The zero-order valence-electron chi connectivity index (χ0n) is 12.8. The van der Waals surface area contributed by atoms with Crippen LogP contribution in [0.5, 0.6) is 5.75 Å². The summed E-state index contributed by atoms with van der Waals surface area (Å²) in [6.45, 7) is 1.56. The molecular formula is C16H12Cl4N2O2S. The number of anilines is 1. The first-order chi connectivity index (χ1) is 11.8. The Morgan fingerprint density at radius 1 is 1.04 bits per heavy atom. The summed E-state index contributed by atoms with van der Waals surface area (Å²) >= 11 is 28.9. The number of hydrogen-bond donors (Lipinski definition) is 2. The molecule has 0 aliphatic heterocycles. The molecule has 132 valence electrons. The SMILES string of the molecule is CC(Oc1ccc(Cl)cc1Cl)C(=O)NC(=S)Nc1cc(Cl)ccc1Cl. The highest BCUT2D eigenvalue weighted by molar-refractivity contribution is 7.80. The molecule has 0 aliphatic carbocycles. The molecule has 2 aromatic carbocycles. The van der Waals surface area contributed by atoms with Crippen molar-refractivity contribution in [3.63, 3.8) is 0 Å². The first-order valence-electron chi connectivity index (χ1n) is 6.95. The van der Waals surface area contributed by atoms with Crippen molar-refractivity contribution in [1.29, 1.82) is 0 Å². The van der Waals surface area contributed by atoms with E-state index in [4.69, 9.17) is 63.4 Å². The van der Waals surface area contributed by atoms with Crippen molar-refractivity contribution in [3.05, 3.63) is 56.5 Å². The summed E-state index contributed by atoms with van der Waals surface area (Å²) in [5, 5.41) is 7.05. The van der Waals surface area contributed by atoms with Crippen LogP contribution in [0.25, 0.3) is 0 Å². The molecule has 0 bridgehead atoms. The summed E-state index contributed by atoms with van der Waals surface area (Å²) in [6.07, 6.45) is -0.840. The fraction of sp³-hybridized carbons (Fsp3) is 0.125. The third kappa shape index (κ3) is 5.90. The molecule has 4 nitrogen and oxygen atoms in total. The number of thiocarbonyl (C=S) groups is 1. The van der Waals surface area contributed by atoms with E-state index in [0.29, 0.717) is 31.5 Å². The first-order valence-corrected chi connectivity index (χ1v) is 8.87. The van der Waals surface area contributed by atoms with Gasteiger partial charge in [0.05, 0.1) is 15.7 Å². The van der Waals surface area contributed by atoms with Crippen LogP contribution in [0.4, 0.5) is 5.69 Å². The van der Waals surface area contributed by atoms with Crippen molar-refractivity contribution in [3.8, 4) is 5.75 Å². The fourth-order valence-corrected chi connectivity index (χ4v) is 2.78. The molecule has 1 unspecified atom stereocenters. The Labute approximate surface area is 170 Å². The van der Waals surface area contributed by atoms with E-state index in [1.165, 1.54) is 6.07 Å². The quantitative estimate of drug-likeness (QED) is 0.613. The van der Waals surface area contributed by atoms with E-state index < -0.39 is 12.0 Å². The molecule has 2 aromatic rings. The van der Waals surface area contributed by atoms with E-state index in [9.17, 15) is 4.79 Å². The van der Waals surface area contributed by atoms with Gasteiger partial charge >= 0.3 is 0 Å². The Morgan fingerprint density at radius 3 is 2.36 bits per heavy atom. The fourth-order valence-electron chi connectivity index (χ4n) is 1.78. The third-order valence-corrected chi connectivity index (χ3v) is 4.28. The van der Waals surface area contributed by atoms with Crippen LogP contribution < -0.4 is 15.4 Å². The summed E-state index contributed by atoms with van der Waals surface area (Å²) in [6, 6.07) is 9.57. The number of rotatable bonds is 4. The van der Waals surface area contributed by atoms with Crippen LogP contribution in [0.2, 0.25) is 20.1 Å². The number of benzene rings is 2. The number of amides is 1. The van der Waals surface area contributed by atoms with Crippen LogP contribution in [-0.4, -0.2) is 17.1 Å². The van der Waals surface area contributed by atoms with Crippen molar-refractivity contribution >= 4 is 75.3 Å². The Balaban J connectivity index is 1.96. The lowest BCUT2D eigenvalue weighted by Crippen LogP contribution is -2.42. The van der Waals surface area contributed by atoms with Gasteiger partial charge in [0.2, 0.25) is 0 Å². The van der Waals surface area contributed by atoms with Gasteiger partial charge in [-0.25, -0.2) is 0 Å². The number of halogens is 4. The smallest absolute Gasteiger partial charge is 0.266 e. The van der Waals surface area contributed by atoms with Gasteiger partial charge in [-0.05, 0) is 55.5 Å². The van der Waals surface area contributed by atoms with Gasteiger partial charge in [-0.2, -0.15) is 0 Å². The standard InChI is InChI=1S/C16H12Cl4N2O2S/c1-8(24-14-5-3-9(17)6-12(14)20)15(23)22-16(25)21-13-7-10(18)2-4-11(13)19/h2-8H,1H3,(H2,21,22,23,25). The molecule has 9 heteroatoms. The van der Waals surface area contributed by atoms with Gasteiger partial charge in [-0.1, -0.05) is 46.4 Å². The Hall–Kier alpha value is -1.24. The number of carbonyl (C=O) groups is 1. The highest BCUT2D eigenvalue weighted by Crippen LogP contribution is 2.28. The molecule has 25 heavy (non-hydrogen) atoms. The van der Waals surface area contributed by atoms with Crippen molar-refractivity contribution in [1.82, 2.24) is 5.32 Å². The topological polar surface area (TPSA) is 50.4 Å². The third-order valence-electron chi connectivity index (χ3n) is 2.98. The second-order valence-electron chi connectivity index (χ2n) is 4.90. The minimum atomic E-state index is -0.840. The van der Waals surface area contributed by atoms with Gasteiger partial charge in [0.15, 0.2) is 11.2 Å².